The Bertz CT molecular complexity index is 799. The summed E-state index contributed by atoms with van der Waals surface area (Å²) in [6.45, 7) is 9.42. The third-order valence-electron chi connectivity index (χ3n) is 6.26. The summed E-state index contributed by atoms with van der Waals surface area (Å²) in [6.07, 6.45) is 4.63. The molecule has 1 saturated heterocycles. The Hall–Kier alpha value is -2.02. The molecule has 7 heteroatoms. The molecule has 2 heterocycles. The molecule has 5 nitrogen and oxygen atoms in total. The average molecular weight is 437 g/mol. The van der Waals surface area contributed by atoms with E-state index < -0.39 is 17.0 Å². The van der Waals surface area contributed by atoms with Crippen LogP contribution < -0.4 is 4.90 Å². The second-order valence-corrected chi connectivity index (χ2v) is 9.75. The van der Waals surface area contributed by atoms with Gasteiger partial charge in [-0.2, -0.15) is 0 Å². The van der Waals surface area contributed by atoms with Gasteiger partial charge in [0.1, 0.15) is 0 Å². The van der Waals surface area contributed by atoms with Crippen molar-refractivity contribution in [3.8, 4) is 0 Å². The highest BCUT2D eigenvalue weighted by Crippen LogP contribution is 2.30. The average Bonchev–Trinajstić information content (AvgIpc) is 2.71. The molecule has 0 bridgehead atoms. The zero-order valence-electron chi connectivity index (χ0n) is 18.9. The highest BCUT2D eigenvalue weighted by atomic mass is 19.2. The van der Waals surface area contributed by atoms with E-state index in [1.807, 2.05) is 20.8 Å². The van der Waals surface area contributed by atoms with E-state index in [0.29, 0.717) is 43.2 Å². The van der Waals surface area contributed by atoms with E-state index in [9.17, 15) is 18.4 Å². The lowest BCUT2D eigenvalue weighted by atomic mass is 9.93. The molecule has 0 spiro atoms. The number of halogens is 2. The van der Waals surface area contributed by atoms with Crippen LogP contribution in [0.4, 0.5) is 14.5 Å². The SMILES string of the molecule is CC(C)(C)C(=O)OCCC1CCN(CCCN2C(=O)CCc3cc(F)c(F)cc32)CC1. The number of hydrogen-bond donors (Lipinski definition) is 0. The fourth-order valence-electron chi connectivity index (χ4n) is 4.27. The molecule has 0 radical (unpaired) electrons. The van der Waals surface area contributed by atoms with Gasteiger partial charge in [-0.05, 0) is 90.1 Å². The van der Waals surface area contributed by atoms with Crippen LogP contribution in [0.5, 0.6) is 0 Å². The number of nitrogens with zero attached hydrogens (tertiary/aromatic N) is 2. The zero-order valence-corrected chi connectivity index (χ0v) is 18.9. The molecule has 0 saturated carbocycles. The van der Waals surface area contributed by atoms with Crippen molar-refractivity contribution >= 4 is 17.6 Å². The highest BCUT2D eigenvalue weighted by Gasteiger charge is 2.27. The first-order valence-corrected chi connectivity index (χ1v) is 11.3. The van der Waals surface area contributed by atoms with Crippen LogP contribution in [0, 0.1) is 23.0 Å². The summed E-state index contributed by atoms with van der Waals surface area (Å²) in [5.74, 6) is -1.38. The number of amides is 1. The van der Waals surface area contributed by atoms with Gasteiger partial charge in [0.25, 0.3) is 0 Å². The maximum absolute atomic E-state index is 13.7. The second kappa shape index (κ2) is 10.1. The number of carbonyl (C=O) groups excluding carboxylic acids is 2. The van der Waals surface area contributed by atoms with Crippen LogP contribution in [0.2, 0.25) is 0 Å². The Balaban J connectivity index is 1.39. The number of carbonyl (C=O) groups is 2. The number of piperidine rings is 1. The summed E-state index contributed by atoms with van der Waals surface area (Å²) in [5.41, 5.74) is 0.754. The lowest BCUT2D eigenvalue weighted by Gasteiger charge is -2.33. The number of benzene rings is 1. The number of ether oxygens (including phenoxy) is 1. The monoisotopic (exact) mass is 436 g/mol. The Morgan fingerprint density at radius 1 is 1.10 bits per heavy atom. The van der Waals surface area contributed by atoms with Crippen molar-refractivity contribution in [2.45, 2.75) is 59.3 Å². The fourth-order valence-corrected chi connectivity index (χ4v) is 4.27. The molecule has 172 valence electrons. The van der Waals surface area contributed by atoms with Crippen LogP contribution in [0.3, 0.4) is 0 Å². The third kappa shape index (κ3) is 6.25. The highest BCUT2D eigenvalue weighted by molar-refractivity contribution is 5.96. The van der Waals surface area contributed by atoms with Gasteiger partial charge >= 0.3 is 5.97 Å². The maximum Gasteiger partial charge on any atom is 0.311 e. The number of esters is 1. The Morgan fingerprint density at radius 3 is 2.45 bits per heavy atom. The minimum atomic E-state index is -0.909. The summed E-state index contributed by atoms with van der Waals surface area (Å²) in [6, 6.07) is 2.37. The molecule has 0 atom stereocenters. The lowest BCUT2D eigenvalue weighted by Crippen LogP contribution is -2.39. The quantitative estimate of drug-likeness (QED) is 0.597. The first-order valence-electron chi connectivity index (χ1n) is 11.3. The molecular formula is C24H34F2N2O3. The van der Waals surface area contributed by atoms with E-state index in [-0.39, 0.29) is 11.9 Å². The van der Waals surface area contributed by atoms with Crippen molar-refractivity contribution < 1.29 is 23.1 Å². The van der Waals surface area contributed by atoms with Crippen LogP contribution in [0.1, 0.15) is 58.4 Å². The number of aryl methyl sites for hydroxylation is 1. The molecule has 2 aliphatic rings. The molecule has 1 aromatic rings. The summed E-state index contributed by atoms with van der Waals surface area (Å²) in [7, 11) is 0. The van der Waals surface area contributed by atoms with Gasteiger partial charge in [-0.1, -0.05) is 0 Å². The Kier molecular flexibility index (Phi) is 7.68. The molecule has 2 aliphatic heterocycles. The second-order valence-electron chi connectivity index (χ2n) is 9.75. The van der Waals surface area contributed by atoms with Gasteiger partial charge < -0.3 is 14.5 Å². The van der Waals surface area contributed by atoms with Gasteiger partial charge in [-0.3, -0.25) is 9.59 Å². The van der Waals surface area contributed by atoms with Crippen molar-refractivity contribution in [1.82, 2.24) is 4.90 Å². The molecular weight excluding hydrogens is 402 g/mol. The minimum Gasteiger partial charge on any atom is -0.465 e. The van der Waals surface area contributed by atoms with E-state index in [1.54, 1.807) is 4.90 Å². The summed E-state index contributed by atoms with van der Waals surface area (Å²) >= 11 is 0. The number of rotatable bonds is 7. The van der Waals surface area contributed by atoms with E-state index in [1.165, 1.54) is 6.07 Å². The van der Waals surface area contributed by atoms with Gasteiger partial charge in [0.05, 0.1) is 12.0 Å². The van der Waals surface area contributed by atoms with E-state index in [4.69, 9.17) is 4.74 Å². The first-order chi connectivity index (χ1) is 14.6. The molecule has 0 aromatic heterocycles. The number of hydrogen-bond acceptors (Lipinski definition) is 4. The zero-order chi connectivity index (χ0) is 22.6. The molecule has 3 rings (SSSR count). The minimum absolute atomic E-state index is 0.0259. The molecule has 31 heavy (non-hydrogen) atoms. The number of likely N-dealkylation sites (tertiary alicyclic amines) is 1. The normalized spacial score (nSPS) is 18.2. The van der Waals surface area contributed by atoms with Crippen LogP contribution in [-0.4, -0.2) is 49.6 Å². The third-order valence-corrected chi connectivity index (χ3v) is 6.26. The van der Waals surface area contributed by atoms with Gasteiger partial charge in [0.15, 0.2) is 11.6 Å². The predicted octanol–water partition coefficient (Wildman–Crippen LogP) is 4.33. The van der Waals surface area contributed by atoms with Crippen molar-refractivity contribution in [3.63, 3.8) is 0 Å². The predicted molar refractivity (Wildman–Crippen MR) is 116 cm³/mol. The lowest BCUT2D eigenvalue weighted by molar-refractivity contribution is -0.153. The smallest absolute Gasteiger partial charge is 0.311 e. The topological polar surface area (TPSA) is 49.9 Å². The van der Waals surface area contributed by atoms with Crippen molar-refractivity contribution in [2.24, 2.45) is 11.3 Å². The molecule has 0 aliphatic carbocycles. The number of anilines is 1. The van der Waals surface area contributed by atoms with Gasteiger partial charge in [-0.15, -0.1) is 0 Å². The summed E-state index contributed by atoms with van der Waals surface area (Å²) in [5, 5.41) is 0. The Morgan fingerprint density at radius 2 is 1.77 bits per heavy atom. The molecule has 0 unspecified atom stereocenters. The van der Waals surface area contributed by atoms with Gasteiger partial charge in [0, 0.05) is 24.7 Å². The molecule has 1 aromatic carbocycles. The first kappa shape index (κ1) is 23.6. The number of fused-ring (bicyclic) bond motifs is 1. The van der Waals surface area contributed by atoms with Crippen LogP contribution >= 0.6 is 0 Å². The van der Waals surface area contributed by atoms with Crippen LogP contribution in [-0.2, 0) is 20.7 Å². The van der Waals surface area contributed by atoms with E-state index in [2.05, 4.69) is 4.90 Å². The maximum atomic E-state index is 13.7. The summed E-state index contributed by atoms with van der Waals surface area (Å²) in [4.78, 5) is 28.2. The molecule has 0 N–H and O–H groups in total. The van der Waals surface area contributed by atoms with E-state index in [0.717, 1.165) is 51.4 Å². The Labute approximate surface area is 183 Å². The summed E-state index contributed by atoms with van der Waals surface area (Å²) < 4.78 is 32.6. The van der Waals surface area contributed by atoms with E-state index >= 15 is 0 Å². The van der Waals surface area contributed by atoms with Crippen LogP contribution in [0.15, 0.2) is 12.1 Å². The van der Waals surface area contributed by atoms with Gasteiger partial charge in [0.2, 0.25) is 5.91 Å². The molecule has 1 amide bonds. The van der Waals surface area contributed by atoms with Crippen molar-refractivity contribution in [3.05, 3.63) is 29.3 Å². The largest absolute Gasteiger partial charge is 0.465 e. The fraction of sp³-hybridized carbons (Fsp3) is 0.667. The van der Waals surface area contributed by atoms with Crippen molar-refractivity contribution in [1.29, 1.82) is 0 Å². The van der Waals surface area contributed by atoms with Crippen LogP contribution in [0.25, 0.3) is 0 Å². The standard InChI is InChI=1S/C24H34F2N2O3/c1-24(2,3)23(30)31-14-9-17-7-12-27(13-8-17)10-4-11-28-21-16-20(26)19(25)15-18(21)5-6-22(28)29/h15-17H,4-14H2,1-3H3. The van der Waals surface area contributed by atoms with Crippen molar-refractivity contribution in [2.75, 3.05) is 37.7 Å². The van der Waals surface area contributed by atoms with Gasteiger partial charge in [-0.25, -0.2) is 8.78 Å². The molecule has 1 fully saturated rings.